The first kappa shape index (κ1) is 13.1. The number of anilines is 1. The molecule has 0 atom stereocenters. The molecule has 0 unspecified atom stereocenters. The zero-order valence-corrected chi connectivity index (χ0v) is 12.0. The van der Waals surface area contributed by atoms with Crippen molar-refractivity contribution in [1.29, 1.82) is 0 Å². The number of aromatic nitrogens is 1. The molecule has 1 aromatic heterocycles. The van der Waals surface area contributed by atoms with E-state index in [0.717, 1.165) is 32.7 Å². The molecule has 1 aromatic carbocycles. The second kappa shape index (κ2) is 6.06. The van der Waals surface area contributed by atoms with Crippen LogP contribution in [-0.4, -0.2) is 36.1 Å². The van der Waals surface area contributed by atoms with E-state index in [2.05, 4.69) is 52.0 Å². The maximum absolute atomic E-state index is 4.18. The third-order valence-corrected chi connectivity index (χ3v) is 3.90. The van der Waals surface area contributed by atoms with Crippen molar-refractivity contribution >= 4 is 5.69 Å². The molecule has 1 aliphatic heterocycles. The van der Waals surface area contributed by atoms with Crippen LogP contribution >= 0.6 is 0 Å². The summed E-state index contributed by atoms with van der Waals surface area (Å²) in [5.41, 5.74) is 3.97. The molecule has 2 aromatic rings. The summed E-state index contributed by atoms with van der Waals surface area (Å²) < 4.78 is 0. The highest BCUT2D eigenvalue weighted by atomic mass is 15.3. The van der Waals surface area contributed by atoms with E-state index >= 15 is 0 Å². The Balaban J connectivity index is 1.55. The first-order valence-corrected chi connectivity index (χ1v) is 7.24. The number of piperazine rings is 1. The van der Waals surface area contributed by atoms with E-state index in [1.54, 1.807) is 0 Å². The van der Waals surface area contributed by atoms with Crippen molar-refractivity contribution in [2.45, 2.75) is 13.5 Å². The Hall–Kier alpha value is -1.87. The normalized spacial score (nSPS) is 16.4. The fourth-order valence-corrected chi connectivity index (χ4v) is 2.67. The molecule has 2 heterocycles. The quantitative estimate of drug-likeness (QED) is 0.852. The number of hydrogen-bond donors (Lipinski definition) is 0. The molecule has 1 fully saturated rings. The topological polar surface area (TPSA) is 19.4 Å². The molecule has 3 rings (SSSR count). The maximum Gasteiger partial charge on any atom is 0.0367 e. The summed E-state index contributed by atoms with van der Waals surface area (Å²) in [6, 6.07) is 13.0. The number of benzene rings is 1. The molecule has 20 heavy (non-hydrogen) atoms. The summed E-state index contributed by atoms with van der Waals surface area (Å²) in [4.78, 5) is 9.16. The Morgan fingerprint density at radius 2 is 1.75 bits per heavy atom. The van der Waals surface area contributed by atoms with Crippen LogP contribution in [0.25, 0.3) is 0 Å². The number of hydrogen-bond acceptors (Lipinski definition) is 3. The second-order valence-electron chi connectivity index (χ2n) is 5.46. The highest BCUT2D eigenvalue weighted by molar-refractivity contribution is 5.47. The van der Waals surface area contributed by atoms with Gasteiger partial charge in [-0.3, -0.25) is 9.88 Å². The minimum atomic E-state index is 1.01. The van der Waals surface area contributed by atoms with Gasteiger partial charge in [0.2, 0.25) is 0 Å². The number of nitrogens with zero attached hydrogens (tertiary/aromatic N) is 3. The fraction of sp³-hybridized carbons (Fsp3) is 0.353. The van der Waals surface area contributed by atoms with Crippen molar-refractivity contribution in [3.8, 4) is 0 Å². The molecular formula is C17H21N3. The van der Waals surface area contributed by atoms with Crippen LogP contribution in [0.1, 0.15) is 11.1 Å². The largest absolute Gasteiger partial charge is 0.369 e. The summed E-state index contributed by atoms with van der Waals surface area (Å²) in [5.74, 6) is 0. The predicted molar refractivity (Wildman–Crippen MR) is 82.9 cm³/mol. The van der Waals surface area contributed by atoms with E-state index in [-0.39, 0.29) is 0 Å². The van der Waals surface area contributed by atoms with Crippen LogP contribution < -0.4 is 4.90 Å². The Kier molecular flexibility index (Phi) is 3.97. The summed E-state index contributed by atoms with van der Waals surface area (Å²) in [7, 11) is 0. The van der Waals surface area contributed by atoms with E-state index in [9.17, 15) is 0 Å². The zero-order chi connectivity index (χ0) is 13.8. The highest BCUT2D eigenvalue weighted by Gasteiger charge is 2.17. The van der Waals surface area contributed by atoms with Crippen LogP contribution in [0.2, 0.25) is 0 Å². The molecule has 0 radical (unpaired) electrons. The average molecular weight is 267 g/mol. The van der Waals surface area contributed by atoms with E-state index < -0.39 is 0 Å². The molecule has 0 bridgehead atoms. The number of aryl methyl sites for hydroxylation is 1. The summed E-state index contributed by atoms with van der Waals surface area (Å²) in [5, 5.41) is 0. The van der Waals surface area contributed by atoms with Crippen molar-refractivity contribution in [1.82, 2.24) is 9.88 Å². The average Bonchev–Trinajstić information content (AvgIpc) is 2.50. The molecule has 0 saturated carbocycles. The Labute approximate surface area is 120 Å². The van der Waals surface area contributed by atoms with Crippen molar-refractivity contribution in [3.63, 3.8) is 0 Å². The maximum atomic E-state index is 4.18. The lowest BCUT2D eigenvalue weighted by Gasteiger charge is -2.36. The van der Waals surface area contributed by atoms with Gasteiger partial charge < -0.3 is 4.90 Å². The predicted octanol–water partition coefficient (Wildman–Crippen LogP) is 2.71. The van der Waals surface area contributed by atoms with E-state index in [1.165, 1.54) is 16.8 Å². The third-order valence-electron chi connectivity index (χ3n) is 3.90. The summed E-state index contributed by atoms with van der Waals surface area (Å²) in [6.07, 6.45) is 3.80. The Morgan fingerprint density at radius 1 is 1.00 bits per heavy atom. The van der Waals surface area contributed by atoms with E-state index in [0.29, 0.717) is 0 Å². The fourth-order valence-electron chi connectivity index (χ4n) is 2.67. The molecule has 3 heteroatoms. The summed E-state index contributed by atoms with van der Waals surface area (Å²) in [6.45, 7) is 7.57. The van der Waals surface area contributed by atoms with Crippen LogP contribution in [-0.2, 0) is 6.54 Å². The highest BCUT2D eigenvalue weighted by Crippen LogP contribution is 2.17. The van der Waals surface area contributed by atoms with Crippen molar-refractivity contribution in [2.75, 3.05) is 31.1 Å². The van der Waals surface area contributed by atoms with Crippen LogP contribution in [0.5, 0.6) is 0 Å². The number of rotatable bonds is 3. The zero-order valence-electron chi connectivity index (χ0n) is 12.0. The van der Waals surface area contributed by atoms with Gasteiger partial charge in [-0.25, -0.2) is 0 Å². The van der Waals surface area contributed by atoms with Crippen molar-refractivity contribution in [2.24, 2.45) is 0 Å². The lowest BCUT2D eigenvalue weighted by molar-refractivity contribution is 0.249. The van der Waals surface area contributed by atoms with E-state index in [4.69, 9.17) is 0 Å². The molecule has 0 amide bonds. The van der Waals surface area contributed by atoms with Crippen LogP contribution in [0.3, 0.4) is 0 Å². The lowest BCUT2D eigenvalue weighted by atomic mass is 10.2. The molecule has 0 N–H and O–H groups in total. The van der Waals surface area contributed by atoms with Gasteiger partial charge in [0.15, 0.2) is 0 Å². The number of pyridine rings is 1. The van der Waals surface area contributed by atoms with Gasteiger partial charge in [0.1, 0.15) is 0 Å². The molecule has 1 aliphatic rings. The van der Waals surface area contributed by atoms with E-state index in [1.807, 2.05) is 18.5 Å². The van der Waals surface area contributed by atoms with Gasteiger partial charge in [0, 0.05) is 50.8 Å². The van der Waals surface area contributed by atoms with Crippen LogP contribution in [0, 0.1) is 6.92 Å². The van der Waals surface area contributed by atoms with Crippen LogP contribution in [0.15, 0.2) is 48.8 Å². The van der Waals surface area contributed by atoms with Gasteiger partial charge in [-0.2, -0.15) is 0 Å². The van der Waals surface area contributed by atoms with Crippen molar-refractivity contribution < 1.29 is 0 Å². The SMILES string of the molecule is Cc1ccc(N2CCN(Cc3cccnc3)CC2)cc1. The Bertz CT molecular complexity index is 528. The standard InChI is InChI=1S/C17H21N3/c1-15-4-6-17(7-5-15)20-11-9-19(10-12-20)14-16-3-2-8-18-13-16/h2-8,13H,9-12,14H2,1H3. The van der Waals surface area contributed by atoms with Gasteiger partial charge in [0.25, 0.3) is 0 Å². The van der Waals surface area contributed by atoms with Crippen LogP contribution in [0.4, 0.5) is 5.69 Å². The van der Waals surface area contributed by atoms with Gasteiger partial charge in [-0.15, -0.1) is 0 Å². The Morgan fingerprint density at radius 3 is 2.40 bits per heavy atom. The van der Waals surface area contributed by atoms with Crippen molar-refractivity contribution in [3.05, 3.63) is 59.9 Å². The summed E-state index contributed by atoms with van der Waals surface area (Å²) >= 11 is 0. The second-order valence-corrected chi connectivity index (χ2v) is 5.46. The molecule has 3 nitrogen and oxygen atoms in total. The van der Waals surface area contributed by atoms with Gasteiger partial charge >= 0.3 is 0 Å². The molecule has 0 spiro atoms. The smallest absolute Gasteiger partial charge is 0.0367 e. The van der Waals surface area contributed by atoms with Gasteiger partial charge in [-0.1, -0.05) is 23.8 Å². The molecular weight excluding hydrogens is 246 g/mol. The van der Waals surface area contributed by atoms with Gasteiger partial charge in [0.05, 0.1) is 0 Å². The van der Waals surface area contributed by atoms with Gasteiger partial charge in [-0.05, 0) is 30.7 Å². The minimum absolute atomic E-state index is 1.01. The monoisotopic (exact) mass is 267 g/mol. The lowest BCUT2D eigenvalue weighted by Crippen LogP contribution is -2.45. The first-order chi connectivity index (χ1) is 9.81. The minimum Gasteiger partial charge on any atom is -0.369 e. The first-order valence-electron chi connectivity index (χ1n) is 7.24. The third kappa shape index (κ3) is 3.17. The molecule has 0 aliphatic carbocycles. The molecule has 1 saturated heterocycles. The molecule has 104 valence electrons.